The van der Waals surface area contributed by atoms with Crippen molar-refractivity contribution in [3.63, 3.8) is 0 Å². The summed E-state index contributed by atoms with van der Waals surface area (Å²) in [6.45, 7) is 0. The van der Waals surface area contributed by atoms with Crippen LogP contribution in [0.1, 0.15) is 42.5 Å². The Labute approximate surface area is 84.7 Å². The van der Waals surface area contributed by atoms with E-state index >= 15 is 0 Å². The molecule has 2 saturated carbocycles. The first-order valence-electron chi connectivity index (χ1n) is 3.30. The van der Waals surface area contributed by atoms with Crippen molar-refractivity contribution < 1.29 is 0 Å². The molecule has 2 aliphatic carbocycles. The van der Waals surface area contributed by atoms with Crippen molar-refractivity contribution in [3.8, 4) is 0 Å². The minimum Gasteiger partial charge on any atom is -0.134 e. The highest BCUT2D eigenvalue weighted by Gasteiger charge is 2.49. The molecule has 2 heteroatoms. The van der Waals surface area contributed by atoms with Crippen molar-refractivity contribution >= 4 is 18.5 Å². The molecule has 0 aliphatic heterocycles. The molecule has 0 amide bonds. The lowest BCUT2D eigenvalue weighted by molar-refractivity contribution is 0.723. The molecule has 12 heavy (non-hydrogen) atoms. The van der Waals surface area contributed by atoms with Gasteiger partial charge in [-0.15, -0.1) is 18.5 Å². The summed E-state index contributed by atoms with van der Waals surface area (Å²) in [6, 6.07) is 0. The van der Waals surface area contributed by atoms with Crippen molar-refractivity contribution in [2.24, 2.45) is 11.8 Å². The second-order valence-corrected chi connectivity index (χ2v) is 4.84. The number of hydrogen-bond donors (Lipinski definition) is 0. The first kappa shape index (κ1) is 18.6. The van der Waals surface area contributed by atoms with Gasteiger partial charge in [0.1, 0.15) is 0 Å². The third-order valence-electron chi connectivity index (χ3n) is 2.33. The molecule has 0 spiro atoms. The Kier molecular flexibility index (Phi) is 9.82. The Morgan fingerprint density at radius 2 is 0.833 bits per heavy atom. The van der Waals surface area contributed by atoms with Gasteiger partial charge >= 0.3 is 0 Å². The Bertz CT molecular complexity index is 100. The zero-order chi connectivity index (χ0) is 5.72. The van der Waals surface area contributed by atoms with Crippen LogP contribution < -0.4 is 0 Å². The van der Waals surface area contributed by atoms with Gasteiger partial charge in [0, 0.05) is 0 Å². The van der Waals surface area contributed by atoms with Crippen LogP contribution in [0.25, 0.3) is 0 Å². The fourth-order valence-corrected chi connectivity index (χ4v) is 2.66. The molecule has 0 bridgehead atoms. The van der Waals surface area contributed by atoms with Crippen molar-refractivity contribution in [1.82, 2.24) is 0 Å². The molecule has 0 aromatic carbocycles. The molecule has 2 fully saturated rings. The molecule has 0 aromatic rings. The molecule has 2 rings (SSSR count). The predicted octanol–water partition coefficient (Wildman–Crippen LogP) is 4.06. The fraction of sp³-hybridized carbons (Fsp3) is 1.00. The Hall–Kier alpha value is 0.860. The van der Waals surface area contributed by atoms with Gasteiger partial charge in [-0.25, -0.2) is 0 Å². The van der Waals surface area contributed by atoms with Crippen LogP contribution >= 0.6 is 18.5 Å². The van der Waals surface area contributed by atoms with E-state index < -0.39 is 0 Å². The first-order valence-corrected chi connectivity index (χ1v) is 4.63. The van der Waals surface area contributed by atoms with Crippen LogP contribution in [0.3, 0.4) is 0 Å². The highest BCUT2D eigenvalue weighted by molar-refractivity contribution is 7.18. The van der Waals surface area contributed by atoms with Gasteiger partial charge in [-0.05, 0) is 36.0 Å². The molecule has 6 unspecified atom stereocenters. The Morgan fingerprint density at radius 3 is 0.917 bits per heavy atom. The van der Waals surface area contributed by atoms with E-state index in [0.717, 1.165) is 23.2 Å². The zero-order valence-electron chi connectivity index (χ0n) is 4.88. The minimum atomic E-state index is 0. The van der Waals surface area contributed by atoms with Gasteiger partial charge < -0.3 is 0 Å². The van der Waals surface area contributed by atoms with E-state index in [1.165, 1.54) is 12.8 Å². The summed E-state index contributed by atoms with van der Waals surface area (Å²) in [5, 5.41) is 0. The Morgan fingerprint density at radius 1 is 0.667 bits per heavy atom. The van der Waals surface area contributed by atoms with Crippen molar-refractivity contribution in [3.05, 3.63) is 0 Å². The Balaban J connectivity index is -0.000000202. The molecule has 6 atom stereocenters. The van der Waals surface area contributed by atoms with E-state index in [0.29, 0.717) is 0 Å². The summed E-state index contributed by atoms with van der Waals surface area (Å²) in [5.41, 5.74) is 1.98. The number of rotatable bonds is 1. The molecule has 78 valence electrons. The van der Waals surface area contributed by atoms with E-state index in [1.54, 1.807) is 0 Å². The van der Waals surface area contributed by atoms with Crippen molar-refractivity contribution in [2.75, 3.05) is 0 Å². The van der Waals surface area contributed by atoms with Crippen molar-refractivity contribution in [2.45, 2.75) is 53.9 Å². The second-order valence-electron chi connectivity index (χ2n) is 3.13. The van der Waals surface area contributed by atoms with Crippen LogP contribution in [0, 0.1) is 11.8 Å². The molecule has 0 saturated heterocycles. The van der Waals surface area contributed by atoms with Crippen LogP contribution in [0.4, 0.5) is 0 Å². The van der Waals surface area contributed by atoms with Gasteiger partial charge in [0.15, 0.2) is 0 Å². The molecule has 0 N–H and O–H groups in total. The first-order chi connectivity index (χ1) is 3.79. The highest BCUT2D eigenvalue weighted by atomic mass is 31.0. The molecule has 0 heterocycles. The molecular weight excluding hydrogens is 182 g/mol. The lowest BCUT2D eigenvalue weighted by atomic mass is 10.3. The maximum atomic E-state index is 2.92. The largest absolute Gasteiger partial charge is 0.134 e. The second kappa shape index (κ2) is 6.33. The lowest BCUT2D eigenvalue weighted by Crippen LogP contribution is -1.83. The van der Waals surface area contributed by atoms with Crippen LogP contribution in [0.15, 0.2) is 0 Å². The maximum absolute atomic E-state index is 2.92. The van der Waals surface area contributed by atoms with E-state index in [9.17, 15) is 0 Å². The SMILES string of the molecule is C.C.C.C.PC1CC1C1CC1P. The number of hydrogen-bond acceptors (Lipinski definition) is 0. The van der Waals surface area contributed by atoms with E-state index in [2.05, 4.69) is 18.5 Å². The van der Waals surface area contributed by atoms with Gasteiger partial charge in [0.25, 0.3) is 0 Å². The fourth-order valence-electron chi connectivity index (χ4n) is 1.46. The summed E-state index contributed by atoms with van der Waals surface area (Å²) in [4.78, 5) is 0. The van der Waals surface area contributed by atoms with Gasteiger partial charge in [0.2, 0.25) is 0 Å². The van der Waals surface area contributed by atoms with Crippen LogP contribution in [-0.4, -0.2) is 11.3 Å². The van der Waals surface area contributed by atoms with Gasteiger partial charge in [-0.2, -0.15) is 0 Å². The average molecular weight is 210 g/mol. The van der Waals surface area contributed by atoms with E-state index in [-0.39, 0.29) is 29.7 Å². The lowest BCUT2D eigenvalue weighted by Gasteiger charge is -1.86. The topological polar surface area (TPSA) is 0 Å². The van der Waals surface area contributed by atoms with Crippen molar-refractivity contribution in [1.29, 1.82) is 0 Å². The van der Waals surface area contributed by atoms with Crippen LogP contribution in [0.5, 0.6) is 0 Å². The summed E-state index contributed by atoms with van der Waals surface area (Å²) < 4.78 is 0. The maximum Gasteiger partial charge on any atom is -0.0230 e. The van der Waals surface area contributed by atoms with Gasteiger partial charge in [-0.1, -0.05) is 29.7 Å². The van der Waals surface area contributed by atoms with E-state index in [4.69, 9.17) is 0 Å². The average Bonchev–Trinajstić information content (AvgIpc) is 2.47. The quantitative estimate of drug-likeness (QED) is 0.572. The molecule has 0 nitrogen and oxygen atoms in total. The highest BCUT2D eigenvalue weighted by Crippen LogP contribution is 2.56. The van der Waals surface area contributed by atoms with E-state index in [1.807, 2.05) is 0 Å². The summed E-state index contributed by atoms with van der Waals surface area (Å²) in [6.07, 6.45) is 2.97. The molecule has 0 radical (unpaired) electrons. The zero-order valence-corrected chi connectivity index (χ0v) is 7.19. The molecule has 0 aromatic heterocycles. The molecule has 2 aliphatic rings. The minimum absolute atomic E-state index is 0. The molecular formula is C10H28P2. The van der Waals surface area contributed by atoms with Gasteiger partial charge in [0.05, 0.1) is 0 Å². The smallest absolute Gasteiger partial charge is 0.0230 e. The van der Waals surface area contributed by atoms with Crippen LogP contribution in [-0.2, 0) is 0 Å². The third kappa shape index (κ3) is 3.71. The summed E-state index contributed by atoms with van der Waals surface area (Å²) in [7, 11) is 5.85. The standard InChI is InChI=1S/C6H12P2.4CH4/c7-5-1-3(5)4-2-6(4)8;;;;/h3-6H,1-2,7-8H2;4*1H4. The summed E-state index contributed by atoms with van der Waals surface area (Å²) >= 11 is 0. The summed E-state index contributed by atoms with van der Waals surface area (Å²) in [5.74, 6) is 2.20. The van der Waals surface area contributed by atoms with Crippen LogP contribution in [0.2, 0.25) is 0 Å². The third-order valence-corrected chi connectivity index (χ3v) is 3.87. The van der Waals surface area contributed by atoms with Gasteiger partial charge in [-0.3, -0.25) is 0 Å². The predicted molar refractivity (Wildman–Crippen MR) is 70.1 cm³/mol. The normalized spacial score (nSPS) is 40.5. The monoisotopic (exact) mass is 210 g/mol.